The summed E-state index contributed by atoms with van der Waals surface area (Å²) in [5.41, 5.74) is 6.72. The molecule has 1 aliphatic heterocycles. The van der Waals surface area contributed by atoms with Gasteiger partial charge in [0, 0.05) is 17.8 Å². The second-order valence-corrected chi connectivity index (χ2v) is 13.3. The smallest absolute Gasteiger partial charge is 0.337 e. The number of methoxy groups -OCH3 is 1. The molecule has 1 N–H and O–H groups in total. The van der Waals surface area contributed by atoms with Gasteiger partial charge in [-0.2, -0.15) is 5.10 Å². The van der Waals surface area contributed by atoms with E-state index in [0.29, 0.717) is 28.7 Å². The fourth-order valence-corrected chi connectivity index (χ4v) is 6.39. The highest BCUT2D eigenvalue weighted by Gasteiger charge is 2.29. The number of rotatable bonds is 8. The minimum atomic E-state index is -0.374. The summed E-state index contributed by atoms with van der Waals surface area (Å²) >= 11 is 0. The molecule has 1 amide bonds. The Kier molecular flexibility index (Phi) is 8.60. The van der Waals surface area contributed by atoms with Crippen LogP contribution in [-0.2, 0) is 16.8 Å². The Hall–Kier alpha value is -4.30. The van der Waals surface area contributed by atoms with Crippen LogP contribution in [0.2, 0.25) is 0 Å². The topological polar surface area (TPSA) is 76.5 Å². The van der Waals surface area contributed by atoms with Gasteiger partial charge in [0.15, 0.2) is 0 Å². The first-order chi connectivity index (χ1) is 21.6. The number of hydrogen-bond acceptors (Lipinski definition) is 5. The molecule has 6 rings (SSSR count). The van der Waals surface area contributed by atoms with Gasteiger partial charge in [-0.1, -0.05) is 18.2 Å². The molecule has 7 nitrogen and oxygen atoms in total. The van der Waals surface area contributed by atoms with E-state index in [-0.39, 0.29) is 23.2 Å². The lowest BCUT2D eigenvalue weighted by Crippen LogP contribution is -2.32. The summed E-state index contributed by atoms with van der Waals surface area (Å²) in [7, 11) is 1.40. The van der Waals surface area contributed by atoms with Crippen LogP contribution in [0.15, 0.2) is 72.9 Å². The van der Waals surface area contributed by atoms with Crippen LogP contribution in [0.5, 0.6) is 0 Å². The lowest BCUT2D eigenvalue weighted by atomic mass is 9.88. The standard InChI is InChI=1S/C37H41FN4O3/c1-37(2,3)42-34(27-11-13-30(38)14-12-27)33(22-39-42)35(43)40-31-15-16-32(26-7-8-26)29(21-31)23-41-19-17-25(18-20-41)24-5-9-28(10-6-24)36(44)45-4/h5-6,9-16,21-22,25-26H,7-8,17-20,23H2,1-4H3,(H,40,43). The Bertz CT molecular complexity index is 1680. The molecule has 1 aliphatic carbocycles. The van der Waals surface area contributed by atoms with E-state index in [2.05, 4.69) is 39.6 Å². The highest BCUT2D eigenvalue weighted by Crippen LogP contribution is 2.43. The predicted molar refractivity (Wildman–Crippen MR) is 174 cm³/mol. The lowest BCUT2D eigenvalue weighted by Gasteiger charge is -2.33. The minimum absolute atomic E-state index is 0.242. The zero-order valence-electron chi connectivity index (χ0n) is 26.5. The van der Waals surface area contributed by atoms with Gasteiger partial charge in [-0.15, -0.1) is 0 Å². The number of carbonyl (C=O) groups is 2. The van der Waals surface area contributed by atoms with Crippen molar-refractivity contribution < 1.29 is 18.7 Å². The van der Waals surface area contributed by atoms with Crippen LogP contribution in [-0.4, -0.2) is 46.8 Å². The average Bonchev–Trinajstić information content (AvgIpc) is 3.77. The Morgan fingerprint density at radius 2 is 1.62 bits per heavy atom. The Labute approximate surface area is 264 Å². The molecule has 234 valence electrons. The van der Waals surface area contributed by atoms with Crippen molar-refractivity contribution >= 4 is 17.6 Å². The number of hydrogen-bond donors (Lipinski definition) is 1. The number of benzene rings is 3. The lowest BCUT2D eigenvalue weighted by molar-refractivity contribution is 0.0600. The van der Waals surface area contributed by atoms with Crippen molar-refractivity contribution in [2.75, 3.05) is 25.5 Å². The van der Waals surface area contributed by atoms with Crippen LogP contribution in [0.1, 0.15) is 95.7 Å². The molecule has 45 heavy (non-hydrogen) atoms. The molecule has 2 aliphatic rings. The number of likely N-dealkylation sites (tertiary alicyclic amines) is 1. The summed E-state index contributed by atoms with van der Waals surface area (Å²) < 4.78 is 20.4. The van der Waals surface area contributed by atoms with E-state index < -0.39 is 0 Å². The molecule has 0 unspecified atom stereocenters. The van der Waals surface area contributed by atoms with Crippen molar-refractivity contribution in [1.82, 2.24) is 14.7 Å². The van der Waals surface area contributed by atoms with Crippen molar-refractivity contribution in [3.8, 4) is 11.3 Å². The predicted octanol–water partition coefficient (Wildman–Crippen LogP) is 7.74. The number of carbonyl (C=O) groups excluding carboxylic acids is 2. The van der Waals surface area contributed by atoms with Gasteiger partial charge in [0.1, 0.15) is 5.82 Å². The Morgan fingerprint density at radius 1 is 0.933 bits per heavy atom. The van der Waals surface area contributed by atoms with Crippen LogP contribution in [0.4, 0.5) is 10.1 Å². The van der Waals surface area contributed by atoms with E-state index in [1.807, 2.05) is 43.7 Å². The number of halogens is 1. The first-order valence-corrected chi connectivity index (χ1v) is 15.8. The molecular formula is C37H41FN4O3. The molecule has 0 atom stereocenters. The van der Waals surface area contributed by atoms with Crippen molar-refractivity contribution in [3.05, 3.63) is 107 Å². The highest BCUT2D eigenvalue weighted by atomic mass is 19.1. The van der Waals surface area contributed by atoms with E-state index in [4.69, 9.17) is 4.74 Å². The molecule has 0 radical (unpaired) electrons. The summed E-state index contributed by atoms with van der Waals surface area (Å²) in [6.07, 6.45) is 6.12. The fourth-order valence-electron chi connectivity index (χ4n) is 6.39. The Balaban J connectivity index is 1.17. The largest absolute Gasteiger partial charge is 0.465 e. The molecule has 3 aromatic carbocycles. The van der Waals surface area contributed by atoms with Crippen molar-refractivity contribution in [2.45, 2.75) is 70.4 Å². The number of piperidine rings is 1. The zero-order chi connectivity index (χ0) is 31.7. The number of aromatic nitrogens is 2. The van der Waals surface area contributed by atoms with Gasteiger partial charge in [-0.05, 0) is 137 Å². The maximum atomic E-state index is 13.7. The van der Waals surface area contributed by atoms with E-state index in [9.17, 15) is 14.0 Å². The summed E-state index contributed by atoms with van der Waals surface area (Å²) in [6.45, 7) is 8.89. The summed E-state index contributed by atoms with van der Waals surface area (Å²) in [6, 6.07) is 20.3. The number of esters is 1. The molecule has 0 spiro atoms. The van der Waals surface area contributed by atoms with Crippen molar-refractivity contribution in [1.29, 1.82) is 0 Å². The van der Waals surface area contributed by atoms with Crippen LogP contribution < -0.4 is 5.32 Å². The first kappa shape index (κ1) is 30.7. The number of anilines is 1. The van der Waals surface area contributed by atoms with Crippen LogP contribution in [0, 0.1) is 5.82 Å². The third-order valence-corrected chi connectivity index (χ3v) is 8.97. The number of amides is 1. The SMILES string of the molecule is COC(=O)c1ccc(C2CCN(Cc3cc(NC(=O)c4cnn(C(C)(C)C)c4-c4ccc(F)cc4)ccc3C3CC3)CC2)cc1. The van der Waals surface area contributed by atoms with Gasteiger partial charge in [-0.3, -0.25) is 14.4 Å². The van der Waals surface area contributed by atoms with Gasteiger partial charge in [0.25, 0.3) is 5.91 Å². The number of nitrogens with one attached hydrogen (secondary N) is 1. The molecule has 1 saturated heterocycles. The molecule has 2 fully saturated rings. The highest BCUT2D eigenvalue weighted by molar-refractivity contribution is 6.08. The van der Waals surface area contributed by atoms with Crippen LogP contribution in [0.25, 0.3) is 11.3 Å². The van der Waals surface area contributed by atoms with E-state index in [1.54, 1.807) is 18.3 Å². The molecule has 0 bridgehead atoms. The van der Waals surface area contributed by atoms with Crippen LogP contribution in [0.3, 0.4) is 0 Å². The monoisotopic (exact) mass is 608 g/mol. The molecule has 1 aromatic heterocycles. The maximum Gasteiger partial charge on any atom is 0.337 e. The quantitative estimate of drug-likeness (QED) is 0.207. The molecule has 1 saturated carbocycles. The Morgan fingerprint density at radius 3 is 2.24 bits per heavy atom. The average molecular weight is 609 g/mol. The summed E-state index contributed by atoms with van der Waals surface area (Å²) in [5.74, 6) is 0.174. The normalized spacial score (nSPS) is 16.0. The van der Waals surface area contributed by atoms with Gasteiger partial charge >= 0.3 is 5.97 Å². The molecule has 4 aromatic rings. The summed E-state index contributed by atoms with van der Waals surface area (Å²) in [4.78, 5) is 28.0. The third kappa shape index (κ3) is 6.86. The van der Waals surface area contributed by atoms with Crippen molar-refractivity contribution in [2.24, 2.45) is 0 Å². The minimum Gasteiger partial charge on any atom is -0.465 e. The van der Waals surface area contributed by atoms with E-state index in [0.717, 1.165) is 43.7 Å². The molecule has 8 heteroatoms. The summed E-state index contributed by atoms with van der Waals surface area (Å²) in [5, 5.41) is 7.70. The van der Waals surface area contributed by atoms with Gasteiger partial charge in [0.2, 0.25) is 0 Å². The first-order valence-electron chi connectivity index (χ1n) is 15.8. The maximum absolute atomic E-state index is 13.7. The van der Waals surface area contributed by atoms with Crippen molar-refractivity contribution in [3.63, 3.8) is 0 Å². The molecule has 2 heterocycles. The van der Waals surface area contributed by atoms with Crippen LogP contribution >= 0.6 is 0 Å². The van der Waals surface area contributed by atoms with E-state index >= 15 is 0 Å². The third-order valence-electron chi connectivity index (χ3n) is 8.97. The fraction of sp³-hybridized carbons (Fsp3) is 0.378. The second-order valence-electron chi connectivity index (χ2n) is 13.3. The number of nitrogens with zero attached hydrogens (tertiary/aromatic N) is 3. The van der Waals surface area contributed by atoms with Gasteiger partial charge < -0.3 is 10.1 Å². The van der Waals surface area contributed by atoms with E-state index in [1.165, 1.54) is 48.8 Å². The number of ether oxygens (including phenoxy) is 1. The van der Waals surface area contributed by atoms with Gasteiger partial charge in [-0.25, -0.2) is 9.18 Å². The zero-order valence-corrected chi connectivity index (χ0v) is 26.5. The van der Waals surface area contributed by atoms with Gasteiger partial charge in [0.05, 0.1) is 35.7 Å². The molecular weight excluding hydrogens is 567 g/mol. The second kappa shape index (κ2) is 12.6.